The predicted molar refractivity (Wildman–Crippen MR) is 35.6 cm³/mol. The van der Waals surface area contributed by atoms with Gasteiger partial charge in [-0.3, -0.25) is 0 Å². The first-order valence-corrected chi connectivity index (χ1v) is 2.98. The van der Waals surface area contributed by atoms with Crippen molar-refractivity contribution in [2.75, 3.05) is 5.23 Å². The molecule has 0 fully saturated rings. The fourth-order valence-corrected chi connectivity index (χ4v) is 0.732. The van der Waals surface area contributed by atoms with Crippen LogP contribution in [0, 0.1) is 29.1 Å². The molecule has 0 saturated heterocycles. The minimum atomic E-state index is -2.21. The topological polar surface area (TPSA) is 12.0 Å². The maximum Gasteiger partial charge on any atom is 0.222 e. The summed E-state index contributed by atoms with van der Waals surface area (Å²) in [6.07, 6.45) is 0. The van der Waals surface area contributed by atoms with Crippen LogP contribution in [0.15, 0.2) is 0 Å². The zero-order chi connectivity index (χ0) is 10.2. The number of anilines is 1. The van der Waals surface area contributed by atoms with Crippen molar-refractivity contribution in [3.8, 4) is 0 Å². The van der Waals surface area contributed by atoms with Gasteiger partial charge in [-0.15, -0.1) is 0 Å². The Morgan fingerprint density at radius 2 is 1.00 bits per heavy atom. The highest BCUT2D eigenvalue weighted by atomic mass is 19.2. The van der Waals surface area contributed by atoms with Crippen molar-refractivity contribution in [3.63, 3.8) is 0 Å². The maximum atomic E-state index is 12.5. The fourth-order valence-electron chi connectivity index (χ4n) is 0.732. The minimum absolute atomic E-state index is 1.25. The molecule has 0 spiro atoms. The van der Waals surface area contributed by atoms with Crippen molar-refractivity contribution in [3.05, 3.63) is 29.1 Å². The Hall–Kier alpha value is -1.27. The van der Waals surface area contributed by atoms with Crippen LogP contribution in [0.25, 0.3) is 0 Å². The van der Waals surface area contributed by atoms with Gasteiger partial charge in [0.15, 0.2) is 23.3 Å². The average molecular weight is 193 g/mol. The van der Waals surface area contributed by atoms with E-state index in [0.29, 0.717) is 0 Å². The van der Waals surface area contributed by atoms with Crippen molar-refractivity contribution < 1.29 is 22.0 Å². The van der Waals surface area contributed by atoms with Crippen molar-refractivity contribution in [1.82, 2.24) is 0 Å². The summed E-state index contributed by atoms with van der Waals surface area (Å²) >= 11 is 0. The summed E-state index contributed by atoms with van der Waals surface area (Å²) in [4.78, 5) is 0. The summed E-state index contributed by atoms with van der Waals surface area (Å²) in [7, 11) is 4.55. The van der Waals surface area contributed by atoms with E-state index in [9.17, 15) is 22.0 Å². The molecule has 0 aliphatic carbocycles. The third kappa shape index (κ3) is 1.34. The third-order valence-corrected chi connectivity index (χ3v) is 1.35. The Labute approximate surface area is 71.0 Å². The fraction of sp³-hybridized carbons (Fsp3) is 0. The second-order valence-electron chi connectivity index (χ2n) is 2.09. The lowest BCUT2D eigenvalue weighted by atomic mass is 10.2. The van der Waals surface area contributed by atoms with Crippen molar-refractivity contribution >= 4 is 13.7 Å². The highest BCUT2D eigenvalue weighted by Crippen LogP contribution is 2.26. The number of rotatable bonds is 1. The van der Waals surface area contributed by atoms with Gasteiger partial charge in [-0.25, -0.2) is 22.0 Å². The SMILES string of the molecule is [B]Nc1c(F)c(F)c(F)c(F)c1F. The third-order valence-electron chi connectivity index (χ3n) is 1.35. The molecule has 1 rings (SSSR count). The molecule has 1 aromatic rings. The Bertz CT molecular complexity index is 324. The van der Waals surface area contributed by atoms with E-state index in [4.69, 9.17) is 0 Å². The molecule has 0 amide bonds. The van der Waals surface area contributed by atoms with Gasteiger partial charge in [-0.1, -0.05) is 0 Å². The molecule has 0 aliphatic rings. The molecule has 0 unspecified atom stereocenters. The van der Waals surface area contributed by atoms with Crippen LogP contribution in [0.5, 0.6) is 0 Å². The molecule has 68 valence electrons. The first kappa shape index (κ1) is 9.82. The molecule has 13 heavy (non-hydrogen) atoms. The lowest BCUT2D eigenvalue weighted by Crippen LogP contribution is -2.07. The molecule has 0 atom stereocenters. The first-order valence-electron chi connectivity index (χ1n) is 2.98. The highest BCUT2D eigenvalue weighted by Gasteiger charge is 2.24. The second-order valence-corrected chi connectivity index (χ2v) is 2.09. The van der Waals surface area contributed by atoms with Gasteiger partial charge in [0.2, 0.25) is 13.8 Å². The summed E-state index contributed by atoms with van der Waals surface area (Å²) in [6, 6.07) is 0. The summed E-state index contributed by atoms with van der Waals surface area (Å²) < 4.78 is 62.1. The van der Waals surface area contributed by atoms with Crippen LogP contribution >= 0.6 is 0 Å². The average Bonchev–Trinajstić information content (AvgIpc) is 2.13. The summed E-state index contributed by atoms with van der Waals surface area (Å²) in [5.41, 5.74) is -1.25. The lowest BCUT2D eigenvalue weighted by molar-refractivity contribution is 0.382. The van der Waals surface area contributed by atoms with E-state index in [1.165, 1.54) is 5.23 Å². The summed E-state index contributed by atoms with van der Waals surface area (Å²) in [5.74, 6) is -10.3. The van der Waals surface area contributed by atoms with Gasteiger partial charge in [0.05, 0.1) is 0 Å². The Balaban J connectivity index is 3.56. The van der Waals surface area contributed by atoms with Crippen molar-refractivity contribution in [2.45, 2.75) is 0 Å². The molecule has 7 heteroatoms. The van der Waals surface area contributed by atoms with Crippen LogP contribution in [0.1, 0.15) is 0 Å². The normalized spacial score (nSPS) is 10.2. The number of hydrogen-bond acceptors (Lipinski definition) is 1. The monoisotopic (exact) mass is 193 g/mol. The number of halogens is 5. The van der Waals surface area contributed by atoms with E-state index in [-0.39, 0.29) is 0 Å². The molecule has 0 saturated carbocycles. The number of benzene rings is 1. The Kier molecular flexibility index (Phi) is 2.44. The van der Waals surface area contributed by atoms with Crippen LogP contribution < -0.4 is 5.23 Å². The van der Waals surface area contributed by atoms with E-state index < -0.39 is 34.8 Å². The van der Waals surface area contributed by atoms with Crippen molar-refractivity contribution in [2.24, 2.45) is 0 Å². The van der Waals surface area contributed by atoms with Crippen LogP contribution in [0.4, 0.5) is 27.6 Å². The zero-order valence-corrected chi connectivity index (χ0v) is 5.97. The highest BCUT2D eigenvalue weighted by molar-refractivity contribution is 6.16. The molecule has 1 aromatic carbocycles. The largest absolute Gasteiger partial charge is 0.432 e. The van der Waals surface area contributed by atoms with Gasteiger partial charge in [-0.2, -0.15) is 0 Å². The first-order chi connectivity index (χ1) is 6.00. The van der Waals surface area contributed by atoms with E-state index in [1.807, 2.05) is 0 Å². The van der Waals surface area contributed by atoms with Gasteiger partial charge < -0.3 is 5.23 Å². The van der Waals surface area contributed by atoms with Crippen molar-refractivity contribution in [1.29, 1.82) is 0 Å². The predicted octanol–water partition coefficient (Wildman–Crippen LogP) is 1.88. The molecule has 1 N–H and O–H groups in total. The van der Waals surface area contributed by atoms with Crippen LogP contribution in [-0.2, 0) is 0 Å². The summed E-state index contributed by atoms with van der Waals surface area (Å²) in [5, 5.41) is 1.38. The molecule has 2 radical (unpaired) electrons. The Morgan fingerprint density at radius 1 is 0.692 bits per heavy atom. The van der Waals surface area contributed by atoms with E-state index in [0.717, 1.165) is 0 Å². The molecular weight excluding hydrogens is 192 g/mol. The van der Waals surface area contributed by atoms with Crippen LogP contribution in [0.2, 0.25) is 0 Å². The zero-order valence-electron chi connectivity index (χ0n) is 5.97. The maximum absolute atomic E-state index is 12.5. The van der Waals surface area contributed by atoms with Gasteiger partial charge in [-0.05, 0) is 0 Å². The van der Waals surface area contributed by atoms with E-state index >= 15 is 0 Å². The molecule has 1 nitrogen and oxygen atoms in total. The molecule has 0 bridgehead atoms. The molecule has 0 aliphatic heterocycles. The van der Waals surface area contributed by atoms with Gasteiger partial charge >= 0.3 is 0 Å². The van der Waals surface area contributed by atoms with E-state index in [2.05, 4.69) is 7.98 Å². The van der Waals surface area contributed by atoms with Crippen LogP contribution in [-0.4, -0.2) is 7.98 Å². The standard InChI is InChI=1S/C6HBF5N/c7-13-6-4(11)2(9)1(8)3(10)5(6)12/h13H. The second kappa shape index (κ2) is 3.23. The smallest absolute Gasteiger partial charge is 0.222 e. The number of hydrogen-bond donors (Lipinski definition) is 1. The van der Waals surface area contributed by atoms with Gasteiger partial charge in [0.25, 0.3) is 0 Å². The molecular formula is C6HBF5N. The minimum Gasteiger partial charge on any atom is -0.432 e. The van der Waals surface area contributed by atoms with Crippen LogP contribution in [0.3, 0.4) is 0 Å². The number of nitrogens with one attached hydrogen (secondary N) is 1. The Morgan fingerprint density at radius 3 is 1.31 bits per heavy atom. The van der Waals surface area contributed by atoms with E-state index in [1.54, 1.807) is 0 Å². The lowest BCUT2D eigenvalue weighted by Gasteiger charge is -2.06. The van der Waals surface area contributed by atoms with Gasteiger partial charge in [0, 0.05) is 0 Å². The summed E-state index contributed by atoms with van der Waals surface area (Å²) in [6.45, 7) is 0. The van der Waals surface area contributed by atoms with Gasteiger partial charge in [0.1, 0.15) is 5.69 Å². The molecule has 0 heterocycles. The molecule has 0 aromatic heterocycles. The quantitative estimate of drug-likeness (QED) is 0.310.